The molecule has 1 saturated heterocycles. The molecular formula is C25H28BrClN6O2. The summed E-state index contributed by atoms with van der Waals surface area (Å²) in [6.45, 7) is 3.82. The topological polar surface area (TPSA) is 103 Å². The van der Waals surface area contributed by atoms with Gasteiger partial charge in [-0.1, -0.05) is 23.7 Å². The van der Waals surface area contributed by atoms with Gasteiger partial charge in [-0.15, -0.1) is 0 Å². The van der Waals surface area contributed by atoms with Crippen molar-refractivity contribution in [1.82, 2.24) is 25.4 Å². The molecule has 4 rings (SSSR count). The van der Waals surface area contributed by atoms with Gasteiger partial charge in [0.1, 0.15) is 5.82 Å². The summed E-state index contributed by atoms with van der Waals surface area (Å²) < 4.78 is 0.401. The third-order valence-electron chi connectivity index (χ3n) is 6.29. The van der Waals surface area contributed by atoms with Crippen molar-refractivity contribution in [3.05, 3.63) is 75.1 Å². The minimum atomic E-state index is -0.390. The number of benzene rings is 1. The van der Waals surface area contributed by atoms with Crippen molar-refractivity contribution >= 4 is 45.2 Å². The summed E-state index contributed by atoms with van der Waals surface area (Å²) in [7, 11) is 0. The lowest BCUT2D eigenvalue weighted by molar-refractivity contribution is 0.0941. The van der Waals surface area contributed by atoms with Crippen LogP contribution in [0.2, 0.25) is 5.02 Å². The Kier molecular flexibility index (Phi) is 8.90. The maximum Gasteiger partial charge on any atom is 0.273 e. The van der Waals surface area contributed by atoms with Crippen molar-refractivity contribution in [2.75, 3.05) is 31.5 Å². The fourth-order valence-electron chi connectivity index (χ4n) is 4.20. The number of nitrogens with one attached hydrogen (secondary N) is 3. The number of aromatic nitrogens is 3. The first-order valence-corrected chi connectivity index (χ1v) is 12.9. The van der Waals surface area contributed by atoms with Crippen LogP contribution in [-0.4, -0.2) is 58.1 Å². The molecule has 1 fully saturated rings. The number of aromatic amines is 1. The average Bonchev–Trinajstić information content (AvgIpc) is 3.24. The van der Waals surface area contributed by atoms with E-state index in [1.165, 1.54) is 5.56 Å². The second kappa shape index (κ2) is 12.3. The van der Waals surface area contributed by atoms with Gasteiger partial charge in [0.25, 0.3) is 11.8 Å². The lowest BCUT2D eigenvalue weighted by Gasteiger charge is -2.32. The van der Waals surface area contributed by atoms with Gasteiger partial charge in [-0.25, -0.2) is 0 Å². The second-order valence-electron chi connectivity index (χ2n) is 8.63. The van der Waals surface area contributed by atoms with Crippen LogP contribution in [0.25, 0.3) is 0 Å². The van der Waals surface area contributed by atoms with Gasteiger partial charge < -0.3 is 15.5 Å². The van der Waals surface area contributed by atoms with Crippen molar-refractivity contribution in [2.24, 2.45) is 5.92 Å². The second-order valence-corrected chi connectivity index (χ2v) is 9.83. The van der Waals surface area contributed by atoms with Gasteiger partial charge in [-0.05, 0) is 90.4 Å². The Morgan fingerprint density at radius 3 is 2.60 bits per heavy atom. The smallest absolute Gasteiger partial charge is 0.273 e. The minimum Gasteiger partial charge on any atom is -0.351 e. The number of piperidine rings is 1. The molecule has 1 aliphatic heterocycles. The molecule has 1 aliphatic rings. The molecule has 184 valence electrons. The molecular weight excluding hydrogens is 532 g/mol. The average molecular weight is 560 g/mol. The SMILES string of the molecule is O=C(Nc1[nH]nc(C(=O)NCCC2CCN(CCc3ccncc3)CC2)c1Br)c1ccccc1Cl. The Labute approximate surface area is 218 Å². The van der Waals surface area contributed by atoms with Crippen molar-refractivity contribution in [3.63, 3.8) is 0 Å². The Morgan fingerprint density at radius 2 is 1.86 bits per heavy atom. The number of hydrogen-bond donors (Lipinski definition) is 3. The third-order valence-corrected chi connectivity index (χ3v) is 7.39. The van der Waals surface area contributed by atoms with Crippen LogP contribution < -0.4 is 10.6 Å². The predicted molar refractivity (Wildman–Crippen MR) is 140 cm³/mol. The molecule has 2 aromatic heterocycles. The van der Waals surface area contributed by atoms with Crippen LogP contribution in [0.3, 0.4) is 0 Å². The zero-order valence-corrected chi connectivity index (χ0v) is 21.6. The molecule has 35 heavy (non-hydrogen) atoms. The predicted octanol–water partition coefficient (Wildman–Crippen LogP) is 4.55. The number of likely N-dealkylation sites (tertiary alicyclic amines) is 1. The molecule has 0 radical (unpaired) electrons. The molecule has 1 aromatic carbocycles. The maximum absolute atomic E-state index is 12.6. The van der Waals surface area contributed by atoms with E-state index in [1.54, 1.807) is 24.3 Å². The van der Waals surface area contributed by atoms with Crippen LogP contribution in [0.15, 0.2) is 53.3 Å². The number of hydrogen-bond acceptors (Lipinski definition) is 5. The Balaban J connectivity index is 1.19. The van der Waals surface area contributed by atoms with Gasteiger partial charge in [-0.3, -0.25) is 19.7 Å². The van der Waals surface area contributed by atoms with E-state index >= 15 is 0 Å². The van der Waals surface area contributed by atoms with E-state index < -0.39 is 0 Å². The lowest BCUT2D eigenvalue weighted by Crippen LogP contribution is -2.36. The van der Waals surface area contributed by atoms with E-state index in [0.29, 0.717) is 33.3 Å². The van der Waals surface area contributed by atoms with Crippen molar-refractivity contribution < 1.29 is 9.59 Å². The molecule has 0 saturated carbocycles. The molecule has 0 unspecified atom stereocenters. The van der Waals surface area contributed by atoms with Gasteiger partial charge in [0, 0.05) is 25.5 Å². The Bertz CT molecular complexity index is 1150. The summed E-state index contributed by atoms with van der Waals surface area (Å²) >= 11 is 9.45. The van der Waals surface area contributed by atoms with Gasteiger partial charge >= 0.3 is 0 Å². The number of carbonyl (C=O) groups is 2. The normalized spacial score (nSPS) is 14.6. The molecule has 0 aliphatic carbocycles. The van der Waals surface area contributed by atoms with Gasteiger partial charge in [-0.2, -0.15) is 5.10 Å². The zero-order valence-electron chi connectivity index (χ0n) is 19.3. The number of halogens is 2. The maximum atomic E-state index is 12.6. The quantitative estimate of drug-likeness (QED) is 0.357. The van der Waals surface area contributed by atoms with E-state index in [9.17, 15) is 9.59 Å². The van der Waals surface area contributed by atoms with E-state index in [2.05, 4.69) is 58.8 Å². The highest BCUT2D eigenvalue weighted by Crippen LogP contribution is 2.26. The first kappa shape index (κ1) is 25.3. The molecule has 2 amide bonds. The number of nitrogens with zero attached hydrogens (tertiary/aromatic N) is 3. The minimum absolute atomic E-state index is 0.199. The zero-order chi connectivity index (χ0) is 24.6. The van der Waals surface area contributed by atoms with E-state index in [1.807, 2.05) is 12.4 Å². The van der Waals surface area contributed by atoms with Crippen molar-refractivity contribution in [2.45, 2.75) is 25.7 Å². The summed E-state index contributed by atoms with van der Waals surface area (Å²) in [6.07, 6.45) is 7.93. The number of pyridine rings is 1. The van der Waals surface area contributed by atoms with E-state index in [-0.39, 0.29) is 17.5 Å². The van der Waals surface area contributed by atoms with E-state index in [4.69, 9.17) is 11.6 Å². The number of anilines is 1. The number of H-pyrrole nitrogens is 1. The highest BCUT2D eigenvalue weighted by molar-refractivity contribution is 9.10. The third kappa shape index (κ3) is 6.90. The van der Waals surface area contributed by atoms with Crippen LogP contribution in [0.4, 0.5) is 5.82 Å². The first-order valence-electron chi connectivity index (χ1n) is 11.7. The number of carbonyl (C=O) groups excluding carboxylic acids is 2. The van der Waals surface area contributed by atoms with Gasteiger partial charge in [0.2, 0.25) is 0 Å². The monoisotopic (exact) mass is 558 g/mol. The molecule has 8 nitrogen and oxygen atoms in total. The summed E-state index contributed by atoms with van der Waals surface area (Å²) in [5.74, 6) is 0.222. The standard InChI is InChI=1S/C25H28BrClN6O2/c26-21-22(31-32-23(21)30-24(34)19-3-1-2-4-20(19)27)25(35)29-13-7-18-9-15-33(16-10-18)14-8-17-5-11-28-12-6-17/h1-6,11-12,18H,7-10,13-16H2,(H,29,35)(H2,30,31,32,34). The molecule has 10 heteroatoms. The summed E-state index contributed by atoms with van der Waals surface area (Å²) in [4.78, 5) is 31.7. The summed E-state index contributed by atoms with van der Waals surface area (Å²) in [5, 5.41) is 12.8. The number of rotatable bonds is 9. The highest BCUT2D eigenvalue weighted by atomic mass is 79.9. The van der Waals surface area contributed by atoms with E-state index in [0.717, 1.165) is 45.3 Å². The van der Waals surface area contributed by atoms with Crippen LogP contribution in [-0.2, 0) is 6.42 Å². The molecule has 3 heterocycles. The van der Waals surface area contributed by atoms with Crippen LogP contribution in [0.1, 0.15) is 45.7 Å². The van der Waals surface area contributed by atoms with Crippen molar-refractivity contribution in [3.8, 4) is 0 Å². The van der Waals surface area contributed by atoms with Gasteiger partial charge in [0.05, 0.1) is 15.1 Å². The highest BCUT2D eigenvalue weighted by Gasteiger charge is 2.22. The first-order chi connectivity index (χ1) is 17.0. The molecule has 3 aromatic rings. The van der Waals surface area contributed by atoms with Crippen LogP contribution in [0.5, 0.6) is 0 Å². The molecule has 0 spiro atoms. The lowest BCUT2D eigenvalue weighted by atomic mass is 9.93. The van der Waals surface area contributed by atoms with Gasteiger partial charge in [0.15, 0.2) is 5.69 Å². The molecule has 0 atom stereocenters. The fraction of sp³-hybridized carbons (Fsp3) is 0.360. The Morgan fingerprint density at radius 1 is 1.11 bits per heavy atom. The molecule has 0 bridgehead atoms. The number of amides is 2. The molecule has 3 N–H and O–H groups in total. The summed E-state index contributed by atoms with van der Waals surface area (Å²) in [5.41, 5.74) is 1.86. The van der Waals surface area contributed by atoms with Crippen LogP contribution in [0, 0.1) is 5.92 Å². The summed E-state index contributed by atoms with van der Waals surface area (Å²) in [6, 6.07) is 10.9. The fourth-order valence-corrected chi connectivity index (χ4v) is 4.87. The van der Waals surface area contributed by atoms with Crippen molar-refractivity contribution in [1.29, 1.82) is 0 Å². The largest absolute Gasteiger partial charge is 0.351 e. The Hall–Kier alpha value is -2.75. The van der Waals surface area contributed by atoms with Crippen LogP contribution >= 0.6 is 27.5 Å².